The minimum atomic E-state index is -0.879. The van der Waals surface area contributed by atoms with E-state index in [1.165, 1.54) is 0 Å². The fourth-order valence-electron chi connectivity index (χ4n) is 4.03. The Bertz CT molecular complexity index is 726. The monoisotopic (exact) mass is 391 g/mol. The number of nitrogens with one attached hydrogen (secondary N) is 1. The Labute approximate surface area is 164 Å². The molecule has 2 aliphatic heterocycles. The molecule has 0 unspecified atom stereocenters. The SMILES string of the molecule is Cn1ccnc1CN1CCN(C(=O)CC[C@@]2(CCC(=O)O)CCC(=O)N2)CC1. The quantitative estimate of drug-likeness (QED) is 0.662. The highest BCUT2D eigenvalue weighted by atomic mass is 16.4. The average Bonchev–Trinajstić information content (AvgIpc) is 3.25. The van der Waals surface area contributed by atoms with Crippen LogP contribution in [0.25, 0.3) is 0 Å². The molecule has 154 valence electrons. The van der Waals surface area contributed by atoms with E-state index in [1.54, 1.807) is 6.20 Å². The number of carboxylic acids is 1. The molecule has 9 nitrogen and oxygen atoms in total. The molecule has 2 fully saturated rings. The number of hydrogen-bond donors (Lipinski definition) is 2. The molecule has 2 amide bonds. The largest absolute Gasteiger partial charge is 0.481 e. The van der Waals surface area contributed by atoms with Crippen LogP contribution in [0.2, 0.25) is 0 Å². The summed E-state index contributed by atoms with van der Waals surface area (Å²) in [6.07, 6.45) is 5.93. The van der Waals surface area contributed by atoms with E-state index in [0.29, 0.717) is 45.2 Å². The number of imidazole rings is 1. The first kappa shape index (κ1) is 20.3. The van der Waals surface area contributed by atoms with Crippen molar-refractivity contribution in [1.82, 2.24) is 24.7 Å². The maximum Gasteiger partial charge on any atom is 0.303 e. The first-order valence-electron chi connectivity index (χ1n) is 9.86. The third kappa shape index (κ3) is 5.09. The number of aromatic nitrogens is 2. The van der Waals surface area contributed by atoms with Crippen molar-refractivity contribution in [1.29, 1.82) is 0 Å². The van der Waals surface area contributed by atoms with Crippen LogP contribution in [-0.2, 0) is 28.0 Å². The Kier molecular flexibility index (Phi) is 6.33. The normalized spacial score (nSPS) is 23.0. The van der Waals surface area contributed by atoms with E-state index < -0.39 is 11.5 Å². The van der Waals surface area contributed by atoms with Gasteiger partial charge in [0.2, 0.25) is 11.8 Å². The third-order valence-electron chi connectivity index (χ3n) is 5.88. The molecule has 3 heterocycles. The molecular weight excluding hydrogens is 362 g/mol. The lowest BCUT2D eigenvalue weighted by atomic mass is 9.86. The maximum absolute atomic E-state index is 12.7. The molecule has 9 heteroatoms. The molecule has 2 aliphatic rings. The Hall–Kier alpha value is -2.42. The molecule has 0 aliphatic carbocycles. The molecule has 3 rings (SSSR count). The summed E-state index contributed by atoms with van der Waals surface area (Å²) in [4.78, 5) is 43.8. The van der Waals surface area contributed by atoms with Gasteiger partial charge in [0, 0.05) is 70.4 Å². The van der Waals surface area contributed by atoms with Crippen LogP contribution in [0.15, 0.2) is 12.4 Å². The predicted molar refractivity (Wildman–Crippen MR) is 101 cm³/mol. The van der Waals surface area contributed by atoms with E-state index in [2.05, 4.69) is 15.2 Å². The van der Waals surface area contributed by atoms with Gasteiger partial charge in [-0.05, 0) is 19.3 Å². The van der Waals surface area contributed by atoms with Gasteiger partial charge in [-0.3, -0.25) is 19.3 Å². The zero-order valence-corrected chi connectivity index (χ0v) is 16.4. The van der Waals surface area contributed by atoms with Gasteiger partial charge in [0.05, 0.1) is 6.54 Å². The van der Waals surface area contributed by atoms with Gasteiger partial charge in [-0.2, -0.15) is 0 Å². The number of carbonyl (C=O) groups excluding carboxylic acids is 2. The predicted octanol–water partition coefficient (Wildman–Crippen LogP) is 0.358. The summed E-state index contributed by atoms with van der Waals surface area (Å²) in [7, 11) is 1.98. The molecule has 1 aromatic heterocycles. The highest BCUT2D eigenvalue weighted by Gasteiger charge is 2.38. The maximum atomic E-state index is 12.7. The molecule has 1 aromatic rings. The van der Waals surface area contributed by atoms with Gasteiger partial charge < -0.3 is 19.9 Å². The van der Waals surface area contributed by atoms with Crippen molar-refractivity contribution >= 4 is 17.8 Å². The van der Waals surface area contributed by atoms with E-state index >= 15 is 0 Å². The molecule has 2 saturated heterocycles. The van der Waals surface area contributed by atoms with Crippen LogP contribution in [0.1, 0.15) is 44.3 Å². The van der Waals surface area contributed by atoms with Gasteiger partial charge in [0.15, 0.2) is 0 Å². The van der Waals surface area contributed by atoms with Crippen LogP contribution in [0.5, 0.6) is 0 Å². The van der Waals surface area contributed by atoms with Crippen LogP contribution in [0.4, 0.5) is 0 Å². The van der Waals surface area contributed by atoms with Crippen LogP contribution in [0, 0.1) is 0 Å². The van der Waals surface area contributed by atoms with Crippen molar-refractivity contribution in [3.8, 4) is 0 Å². The summed E-state index contributed by atoms with van der Waals surface area (Å²) in [5.74, 6) is 0.154. The average molecular weight is 391 g/mol. The zero-order chi connectivity index (χ0) is 20.1. The molecule has 0 radical (unpaired) electrons. The van der Waals surface area contributed by atoms with Crippen molar-refractivity contribution in [3.63, 3.8) is 0 Å². The lowest BCUT2D eigenvalue weighted by Crippen LogP contribution is -2.49. The highest BCUT2D eigenvalue weighted by molar-refractivity contribution is 5.80. The van der Waals surface area contributed by atoms with Gasteiger partial charge in [-0.15, -0.1) is 0 Å². The van der Waals surface area contributed by atoms with Gasteiger partial charge in [-0.1, -0.05) is 0 Å². The van der Waals surface area contributed by atoms with Crippen molar-refractivity contribution in [2.24, 2.45) is 7.05 Å². The Balaban J connectivity index is 1.46. The number of carbonyl (C=O) groups is 3. The topological polar surface area (TPSA) is 108 Å². The third-order valence-corrected chi connectivity index (χ3v) is 5.88. The number of piperazine rings is 1. The summed E-state index contributed by atoms with van der Waals surface area (Å²) in [5.41, 5.74) is -0.550. The summed E-state index contributed by atoms with van der Waals surface area (Å²) in [6, 6.07) is 0. The lowest BCUT2D eigenvalue weighted by molar-refractivity contribution is -0.137. The summed E-state index contributed by atoms with van der Waals surface area (Å²) < 4.78 is 2.00. The first-order chi connectivity index (χ1) is 13.4. The fraction of sp³-hybridized carbons (Fsp3) is 0.684. The standard InChI is InChI=1S/C19H29N5O4/c1-22-9-8-20-15(22)14-23-10-12-24(13-11-23)17(26)3-6-19(7-4-18(27)28)5-2-16(25)21-19/h8-9H,2-7,10-14H2,1H3,(H,21,25)(H,27,28)/t19-/m1/s1. The number of rotatable bonds is 8. The molecule has 0 saturated carbocycles. The number of hydrogen-bond acceptors (Lipinski definition) is 5. The summed E-state index contributed by atoms with van der Waals surface area (Å²) in [5, 5.41) is 11.9. The Morgan fingerprint density at radius 1 is 1.21 bits per heavy atom. The van der Waals surface area contributed by atoms with Crippen molar-refractivity contribution in [3.05, 3.63) is 18.2 Å². The van der Waals surface area contributed by atoms with Gasteiger partial charge in [0.25, 0.3) is 0 Å². The van der Waals surface area contributed by atoms with E-state index in [9.17, 15) is 14.4 Å². The van der Waals surface area contributed by atoms with E-state index in [0.717, 1.165) is 25.5 Å². The second-order valence-corrected chi connectivity index (χ2v) is 7.83. The number of aliphatic carboxylic acids is 1. The van der Waals surface area contributed by atoms with Crippen LogP contribution in [-0.4, -0.2) is 74.0 Å². The number of aryl methyl sites for hydroxylation is 1. The van der Waals surface area contributed by atoms with Gasteiger partial charge in [-0.25, -0.2) is 4.98 Å². The van der Waals surface area contributed by atoms with Crippen molar-refractivity contribution < 1.29 is 19.5 Å². The van der Waals surface area contributed by atoms with Crippen molar-refractivity contribution in [2.45, 2.75) is 50.6 Å². The lowest BCUT2D eigenvalue weighted by Gasteiger charge is -2.35. The smallest absolute Gasteiger partial charge is 0.303 e. The van der Waals surface area contributed by atoms with Gasteiger partial charge in [0.1, 0.15) is 5.82 Å². The molecule has 0 aromatic carbocycles. The minimum absolute atomic E-state index is 0.000332. The van der Waals surface area contributed by atoms with E-state index in [4.69, 9.17) is 5.11 Å². The van der Waals surface area contributed by atoms with E-state index in [-0.39, 0.29) is 18.2 Å². The summed E-state index contributed by atoms with van der Waals surface area (Å²) >= 11 is 0. The zero-order valence-electron chi connectivity index (χ0n) is 16.4. The number of amides is 2. The van der Waals surface area contributed by atoms with E-state index in [1.807, 2.05) is 22.7 Å². The Morgan fingerprint density at radius 3 is 2.50 bits per heavy atom. The fourth-order valence-corrected chi connectivity index (χ4v) is 4.03. The summed E-state index contributed by atoms with van der Waals surface area (Å²) in [6.45, 7) is 3.74. The molecule has 0 spiro atoms. The number of carboxylic acid groups (broad SMARTS) is 1. The second-order valence-electron chi connectivity index (χ2n) is 7.83. The second kappa shape index (κ2) is 8.72. The van der Waals surface area contributed by atoms with Gasteiger partial charge >= 0.3 is 5.97 Å². The van der Waals surface area contributed by atoms with Crippen LogP contribution >= 0.6 is 0 Å². The van der Waals surface area contributed by atoms with Crippen LogP contribution in [0.3, 0.4) is 0 Å². The molecular formula is C19H29N5O4. The Morgan fingerprint density at radius 2 is 1.93 bits per heavy atom. The highest BCUT2D eigenvalue weighted by Crippen LogP contribution is 2.30. The molecule has 0 bridgehead atoms. The van der Waals surface area contributed by atoms with Crippen LogP contribution < -0.4 is 5.32 Å². The molecule has 28 heavy (non-hydrogen) atoms. The molecule has 1 atom stereocenters. The molecule has 2 N–H and O–H groups in total. The number of nitrogens with zero attached hydrogens (tertiary/aromatic N) is 4. The van der Waals surface area contributed by atoms with Crippen molar-refractivity contribution in [2.75, 3.05) is 26.2 Å². The first-order valence-corrected chi connectivity index (χ1v) is 9.86. The minimum Gasteiger partial charge on any atom is -0.481 e.